The van der Waals surface area contributed by atoms with Gasteiger partial charge in [0.05, 0.1) is 17.5 Å². The number of hydrogen-bond acceptors (Lipinski definition) is 4. The highest BCUT2D eigenvalue weighted by Gasteiger charge is 2.54. The average Bonchev–Trinajstić information content (AvgIpc) is 3.27. The molecule has 0 aromatic rings. The standard InChI is InChI=1S/C18H28N2O3S2/c1-3-12(4-2)17(21)19-18-20(14-8-11-5-6-13(14)7-11)15-9-25(22,23)10-16(15)24-18/h11-16H,3-10H2,1-2H3/t11-,13-,14+,15+,16+/m0/s1. The summed E-state index contributed by atoms with van der Waals surface area (Å²) in [6.07, 6.45) is 6.59. The van der Waals surface area contributed by atoms with Crippen LogP contribution < -0.4 is 0 Å². The Labute approximate surface area is 154 Å². The van der Waals surface area contributed by atoms with E-state index in [0.29, 0.717) is 12.0 Å². The van der Waals surface area contributed by atoms with Gasteiger partial charge in [0.1, 0.15) is 0 Å². The molecule has 5 nitrogen and oxygen atoms in total. The molecule has 2 saturated carbocycles. The van der Waals surface area contributed by atoms with Crippen molar-refractivity contribution in [2.24, 2.45) is 22.7 Å². The van der Waals surface area contributed by atoms with E-state index in [2.05, 4.69) is 9.89 Å². The van der Waals surface area contributed by atoms with Crippen LogP contribution in [0.15, 0.2) is 4.99 Å². The molecule has 2 heterocycles. The second-order valence-corrected chi connectivity index (χ2v) is 11.6. The van der Waals surface area contributed by atoms with Gasteiger partial charge in [-0.15, -0.1) is 0 Å². The Morgan fingerprint density at radius 1 is 1.20 bits per heavy atom. The minimum absolute atomic E-state index is 0.0147. The number of fused-ring (bicyclic) bond motifs is 3. The molecule has 5 atom stereocenters. The summed E-state index contributed by atoms with van der Waals surface area (Å²) in [6, 6.07) is 0.412. The Kier molecular flexibility index (Phi) is 4.67. The second kappa shape index (κ2) is 6.55. The van der Waals surface area contributed by atoms with Crippen LogP contribution in [0.5, 0.6) is 0 Å². The second-order valence-electron chi connectivity index (χ2n) is 8.20. The Balaban J connectivity index is 1.63. The smallest absolute Gasteiger partial charge is 0.251 e. The Hall–Kier alpha value is -0.560. The average molecular weight is 385 g/mol. The fourth-order valence-corrected chi connectivity index (χ4v) is 9.33. The molecule has 2 aliphatic heterocycles. The SMILES string of the molecule is CCC(CC)C(=O)N=C1S[C@@H]2CS(=O)(=O)C[C@H]2N1[C@@H]1C[C@H]2CC[C@H]1C2. The van der Waals surface area contributed by atoms with Crippen LogP contribution in [0.25, 0.3) is 0 Å². The van der Waals surface area contributed by atoms with Crippen LogP contribution in [-0.4, -0.2) is 53.2 Å². The fraction of sp³-hybridized carbons (Fsp3) is 0.889. The van der Waals surface area contributed by atoms with Crippen molar-refractivity contribution < 1.29 is 13.2 Å². The van der Waals surface area contributed by atoms with E-state index in [1.165, 1.54) is 19.3 Å². The lowest BCUT2D eigenvalue weighted by Gasteiger charge is -2.36. The number of sulfone groups is 1. The maximum absolute atomic E-state index is 12.6. The van der Waals surface area contributed by atoms with Crippen LogP contribution in [0, 0.1) is 17.8 Å². The van der Waals surface area contributed by atoms with E-state index < -0.39 is 9.84 Å². The number of nitrogens with zero attached hydrogens (tertiary/aromatic N) is 2. The number of aliphatic imine (C=N–C) groups is 1. The highest BCUT2D eigenvalue weighted by atomic mass is 32.2. The maximum Gasteiger partial charge on any atom is 0.251 e. The molecule has 25 heavy (non-hydrogen) atoms. The van der Waals surface area contributed by atoms with Gasteiger partial charge in [0.2, 0.25) is 0 Å². The fourth-order valence-electron chi connectivity index (χ4n) is 5.35. The van der Waals surface area contributed by atoms with E-state index in [1.807, 2.05) is 13.8 Å². The Morgan fingerprint density at radius 3 is 2.56 bits per heavy atom. The molecule has 4 rings (SSSR count). The molecule has 0 aromatic carbocycles. The summed E-state index contributed by atoms with van der Waals surface area (Å²) in [5.74, 6) is 1.87. The number of carbonyl (C=O) groups excluding carboxylic acids is 1. The normalized spacial score (nSPS) is 40.4. The van der Waals surface area contributed by atoms with Crippen molar-refractivity contribution in [2.45, 2.75) is 69.7 Å². The number of amides is 1. The molecule has 0 radical (unpaired) electrons. The van der Waals surface area contributed by atoms with Crippen molar-refractivity contribution >= 4 is 32.7 Å². The summed E-state index contributed by atoms with van der Waals surface area (Å²) in [5.41, 5.74) is 0. The van der Waals surface area contributed by atoms with Crippen LogP contribution in [-0.2, 0) is 14.6 Å². The van der Waals surface area contributed by atoms with E-state index in [9.17, 15) is 13.2 Å². The first kappa shape index (κ1) is 17.8. The predicted molar refractivity (Wildman–Crippen MR) is 101 cm³/mol. The zero-order valence-corrected chi connectivity index (χ0v) is 16.7. The van der Waals surface area contributed by atoms with Gasteiger partial charge in [-0.3, -0.25) is 4.79 Å². The molecule has 4 aliphatic rings. The lowest BCUT2D eigenvalue weighted by molar-refractivity contribution is -0.121. The third-order valence-electron chi connectivity index (χ3n) is 6.71. The first-order chi connectivity index (χ1) is 11.9. The highest BCUT2D eigenvalue weighted by molar-refractivity contribution is 8.15. The third kappa shape index (κ3) is 3.15. The quantitative estimate of drug-likeness (QED) is 0.745. The minimum Gasteiger partial charge on any atom is -0.343 e. The van der Waals surface area contributed by atoms with Gasteiger partial charge < -0.3 is 4.90 Å². The summed E-state index contributed by atoms with van der Waals surface area (Å²) < 4.78 is 24.3. The highest BCUT2D eigenvalue weighted by Crippen LogP contribution is 2.51. The van der Waals surface area contributed by atoms with E-state index in [0.717, 1.165) is 30.3 Å². The zero-order chi connectivity index (χ0) is 17.8. The molecular weight excluding hydrogens is 356 g/mol. The van der Waals surface area contributed by atoms with Crippen LogP contribution in [0.3, 0.4) is 0 Å². The van der Waals surface area contributed by atoms with Crippen LogP contribution in [0.4, 0.5) is 0 Å². The molecule has 2 saturated heterocycles. The van der Waals surface area contributed by atoms with Gasteiger partial charge >= 0.3 is 0 Å². The summed E-state index contributed by atoms with van der Waals surface area (Å²) in [4.78, 5) is 19.4. The van der Waals surface area contributed by atoms with Gasteiger partial charge in [-0.1, -0.05) is 32.0 Å². The molecule has 140 valence electrons. The van der Waals surface area contributed by atoms with E-state index in [4.69, 9.17) is 0 Å². The number of amidine groups is 1. The minimum atomic E-state index is -2.96. The van der Waals surface area contributed by atoms with Crippen LogP contribution in [0.1, 0.15) is 52.4 Å². The lowest BCUT2D eigenvalue weighted by atomic mass is 9.93. The van der Waals surface area contributed by atoms with Crippen molar-refractivity contribution in [2.75, 3.05) is 11.5 Å². The van der Waals surface area contributed by atoms with Crippen molar-refractivity contribution in [3.05, 3.63) is 0 Å². The molecule has 0 N–H and O–H groups in total. The van der Waals surface area contributed by atoms with E-state index >= 15 is 0 Å². The zero-order valence-electron chi connectivity index (χ0n) is 15.1. The van der Waals surface area contributed by atoms with Gasteiger partial charge in [0.15, 0.2) is 15.0 Å². The lowest BCUT2D eigenvalue weighted by Crippen LogP contribution is -2.47. The monoisotopic (exact) mass is 384 g/mol. The number of rotatable bonds is 4. The molecule has 0 aromatic heterocycles. The van der Waals surface area contributed by atoms with Crippen LogP contribution >= 0.6 is 11.8 Å². The number of carbonyl (C=O) groups is 1. The van der Waals surface area contributed by atoms with Crippen molar-refractivity contribution in [1.29, 1.82) is 0 Å². The summed E-state index contributed by atoms with van der Waals surface area (Å²) in [7, 11) is -2.96. The molecule has 0 spiro atoms. The van der Waals surface area contributed by atoms with Gasteiger partial charge in [-0.2, -0.15) is 4.99 Å². The number of thioether (sulfide) groups is 1. The molecule has 2 bridgehead atoms. The third-order valence-corrected chi connectivity index (χ3v) is 9.93. The molecule has 4 fully saturated rings. The van der Waals surface area contributed by atoms with E-state index in [-0.39, 0.29) is 34.6 Å². The van der Waals surface area contributed by atoms with Crippen LogP contribution in [0.2, 0.25) is 0 Å². The molecule has 0 unspecified atom stereocenters. The van der Waals surface area contributed by atoms with Gasteiger partial charge in [0.25, 0.3) is 5.91 Å². The largest absolute Gasteiger partial charge is 0.343 e. The molecule has 2 aliphatic carbocycles. The van der Waals surface area contributed by atoms with Crippen molar-refractivity contribution in [3.8, 4) is 0 Å². The van der Waals surface area contributed by atoms with Crippen molar-refractivity contribution in [1.82, 2.24) is 4.90 Å². The first-order valence-electron chi connectivity index (χ1n) is 9.69. The number of hydrogen-bond donors (Lipinski definition) is 0. The summed E-state index contributed by atoms with van der Waals surface area (Å²) in [6.45, 7) is 4.06. The van der Waals surface area contributed by atoms with Gasteiger partial charge in [-0.25, -0.2) is 8.42 Å². The molecule has 7 heteroatoms. The molecule has 1 amide bonds. The van der Waals surface area contributed by atoms with Gasteiger partial charge in [-0.05, 0) is 43.9 Å². The summed E-state index contributed by atoms with van der Waals surface area (Å²) >= 11 is 1.55. The van der Waals surface area contributed by atoms with E-state index in [1.54, 1.807) is 11.8 Å². The first-order valence-corrected chi connectivity index (χ1v) is 12.4. The maximum atomic E-state index is 12.6. The Bertz CT molecular complexity index is 686. The summed E-state index contributed by atoms with van der Waals surface area (Å²) in [5, 5.41) is 0.872. The Morgan fingerprint density at radius 2 is 1.96 bits per heavy atom. The van der Waals surface area contributed by atoms with Crippen molar-refractivity contribution in [3.63, 3.8) is 0 Å². The van der Waals surface area contributed by atoms with Gasteiger partial charge in [0, 0.05) is 17.2 Å². The predicted octanol–water partition coefficient (Wildman–Crippen LogP) is 2.71. The topological polar surface area (TPSA) is 66.8 Å². The molecular formula is C18H28N2O3S2.